The average molecular weight is 224 g/mol. The highest BCUT2D eigenvalue weighted by molar-refractivity contribution is 5.93. The van der Waals surface area contributed by atoms with E-state index in [9.17, 15) is 4.79 Å². The third-order valence-corrected chi connectivity index (χ3v) is 3.61. The Morgan fingerprint density at radius 1 is 1.56 bits per heavy atom. The number of amides is 1. The average Bonchev–Trinajstić information content (AvgIpc) is 2.57. The minimum Gasteiger partial charge on any atom is -0.378 e. The maximum atomic E-state index is 11.8. The Morgan fingerprint density at radius 3 is 2.81 bits per heavy atom. The molecule has 0 aromatic heterocycles. The second-order valence-electron chi connectivity index (χ2n) is 4.67. The summed E-state index contributed by atoms with van der Waals surface area (Å²) >= 11 is 0. The first-order valence-electron chi connectivity index (χ1n) is 5.97. The molecule has 0 aromatic carbocycles. The molecule has 2 saturated heterocycles. The zero-order chi connectivity index (χ0) is 11.5. The lowest BCUT2D eigenvalue weighted by molar-refractivity contribution is -0.117. The van der Waals surface area contributed by atoms with Gasteiger partial charge in [0, 0.05) is 37.7 Å². The van der Waals surface area contributed by atoms with Gasteiger partial charge in [-0.2, -0.15) is 0 Å². The van der Waals surface area contributed by atoms with E-state index in [1.165, 1.54) is 5.57 Å². The van der Waals surface area contributed by atoms with Gasteiger partial charge in [-0.05, 0) is 25.8 Å². The van der Waals surface area contributed by atoms with E-state index in [2.05, 4.69) is 17.6 Å². The molecule has 2 aliphatic rings. The van der Waals surface area contributed by atoms with Gasteiger partial charge in [-0.25, -0.2) is 0 Å². The van der Waals surface area contributed by atoms with Crippen molar-refractivity contribution >= 4 is 5.91 Å². The minimum atomic E-state index is 0.0793. The quantitative estimate of drug-likeness (QED) is 0.684. The van der Waals surface area contributed by atoms with Crippen LogP contribution < -0.4 is 10.6 Å². The van der Waals surface area contributed by atoms with Crippen LogP contribution in [0.5, 0.6) is 0 Å². The van der Waals surface area contributed by atoms with Crippen LogP contribution in [-0.2, 0) is 9.53 Å². The molecule has 0 spiro atoms. The van der Waals surface area contributed by atoms with Crippen LogP contribution in [0.4, 0.5) is 0 Å². The van der Waals surface area contributed by atoms with Gasteiger partial charge >= 0.3 is 0 Å². The highest BCUT2D eigenvalue weighted by atomic mass is 16.5. The van der Waals surface area contributed by atoms with Crippen molar-refractivity contribution in [3.05, 3.63) is 11.1 Å². The maximum absolute atomic E-state index is 11.8. The molecule has 0 saturated carbocycles. The number of ether oxygens (including phenoxy) is 1. The molecule has 4 nitrogen and oxygen atoms in total. The number of nitrogens with one attached hydrogen (secondary N) is 2. The van der Waals surface area contributed by atoms with Gasteiger partial charge in [0.15, 0.2) is 0 Å². The molecule has 1 amide bonds. The second-order valence-corrected chi connectivity index (χ2v) is 4.67. The lowest BCUT2D eigenvalue weighted by Crippen LogP contribution is -2.39. The summed E-state index contributed by atoms with van der Waals surface area (Å²) in [7, 11) is 0. The van der Waals surface area contributed by atoms with E-state index in [-0.39, 0.29) is 12.0 Å². The summed E-state index contributed by atoms with van der Waals surface area (Å²) in [6.45, 7) is 7.26. The van der Waals surface area contributed by atoms with Crippen molar-refractivity contribution in [2.75, 3.05) is 26.2 Å². The van der Waals surface area contributed by atoms with Crippen molar-refractivity contribution in [3.63, 3.8) is 0 Å². The van der Waals surface area contributed by atoms with Gasteiger partial charge in [0.1, 0.15) is 0 Å². The van der Waals surface area contributed by atoms with E-state index >= 15 is 0 Å². The van der Waals surface area contributed by atoms with Crippen LogP contribution >= 0.6 is 0 Å². The molecule has 0 radical (unpaired) electrons. The Kier molecular flexibility index (Phi) is 3.61. The van der Waals surface area contributed by atoms with Crippen LogP contribution in [0.15, 0.2) is 11.1 Å². The first kappa shape index (κ1) is 11.6. The van der Waals surface area contributed by atoms with E-state index in [4.69, 9.17) is 4.74 Å². The van der Waals surface area contributed by atoms with E-state index in [0.29, 0.717) is 5.92 Å². The van der Waals surface area contributed by atoms with Gasteiger partial charge in [-0.15, -0.1) is 0 Å². The topological polar surface area (TPSA) is 50.4 Å². The number of carbonyl (C=O) groups is 1. The van der Waals surface area contributed by atoms with Crippen LogP contribution in [0.25, 0.3) is 0 Å². The fourth-order valence-corrected chi connectivity index (χ4v) is 2.08. The predicted molar refractivity (Wildman–Crippen MR) is 62.1 cm³/mol. The largest absolute Gasteiger partial charge is 0.378 e. The summed E-state index contributed by atoms with van der Waals surface area (Å²) < 4.78 is 5.46. The molecule has 0 aromatic rings. The van der Waals surface area contributed by atoms with Gasteiger partial charge in [0.2, 0.25) is 5.91 Å². The van der Waals surface area contributed by atoms with Crippen LogP contribution in [0.2, 0.25) is 0 Å². The molecule has 2 heterocycles. The Balaban J connectivity index is 1.79. The standard InChI is InChI=1S/C12H20N2O2/c1-8(11-5-13-6-11)12(15)14-7-10-3-4-16-9(10)2/h9-10,13H,3-7H2,1-2H3,(H,14,15). The summed E-state index contributed by atoms with van der Waals surface area (Å²) in [4.78, 5) is 11.8. The molecule has 2 fully saturated rings. The van der Waals surface area contributed by atoms with Gasteiger partial charge in [-0.1, -0.05) is 0 Å². The van der Waals surface area contributed by atoms with Gasteiger partial charge < -0.3 is 15.4 Å². The minimum absolute atomic E-state index is 0.0793. The number of rotatable bonds is 3. The second kappa shape index (κ2) is 4.97. The van der Waals surface area contributed by atoms with Gasteiger partial charge in [0.25, 0.3) is 0 Å². The molecule has 2 atom stereocenters. The van der Waals surface area contributed by atoms with Crippen molar-refractivity contribution in [2.24, 2.45) is 5.92 Å². The van der Waals surface area contributed by atoms with Crippen LogP contribution in [0.3, 0.4) is 0 Å². The van der Waals surface area contributed by atoms with Crippen LogP contribution in [0, 0.1) is 5.92 Å². The summed E-state index contributed by atoms with van der Waals surface area (Å²) in [5.74, 6) is 0.553. The Hall–Kier alpha value is -0.870. The summed E-state index contributed by atoms with van der Waals surface area (Å²) in [5.41, 5.74) is 2.11. The van der Waals surface area contributed by atoms with Gasteiger partial charge in [-0.3, -0.25) is 4.79 Å². The van der Waals surface area contributed by atoms with Crippen molar-refractivity contribution in [2.45, 2.75) is 26.4 Å². The first-order valence-corrected chi connectivity index (χ1v) is 5.97. The van der Waals surface area contributed by atoms with E-state index in [1.807, 2.05) is 6.92 Å². The smallest absolute Gasteiger partial charge is 0.246 e. The zero-order valence-electron chi connectivity index (χ0n) is 10.0. The summed E-state index contributed by atoms with van der Waals surface area (Å²) in [6, 6.07) is 0. The van der Waals surface area contributed by atoms with E-state index in [0.717, 1.165) is 38.2 Å². The van der Waals surface area contributed by atoms with Crippen LogP contribution in [-0.4, -0.2) is 38.3 Å². The molecule has 2 unspecified atom stereocenters. The molecule has 0 bridgehead atoms. The molecular weight excluding hydrogens is 204 g/mol. The fraction of sp³-hybridized carbons (Fsp3) is 0.750. The van der Waals surface area contributed by atoms with Crippen molar-refractivity contribution in [3.8, 4) is 0 Å². The van der Waals surface area contributed by atoms with Crippen molar-refractivity contribution in [1.29, 1.82) is 0 Å². The number of carbonyl (C=O) groups excluding carboxylic acids is 1. The summed E-state index contributed by atoms with van der Waals surface area (Å²) in [6.07, 6.45) is 1.33. The molecule has 4 heteroatoms. The molecule has 2 N–H and O–H groups in total. The molecule has 0 aliphatic carbocycles. The van der Waals surface area contributed by atoms with E-state index in [1.54, 1.807) is 0 Å². The molecule has 90 valence electrons. The Morgan fingerprint density at radius 2 is 2.31 bits per heavy atom. The summed E-state index contributed by atoms with van der Waals surface area (Å²) in [5, 5.41) is 6.14. The monoisotopic (exact) mass is 224 g/mol. The highest BCUT2D eigenvalue weighted by Crippen LogP contribution is 2.19. The molecule has 2 rings (SSSR count). The zero-order valence-corrected chi connectivity index (χ0v) is 10.0. The fourth-order valence-electron chi connectivity index (χ4n) is 2.08. The van der Waals surface area contributed by atoms with Crippen molar-refractivity contribution in [1.82, 2.24) is 10.6 Å². The predicted octanol–water partition coefficient (Wildman–Crippen LogP) is 0.447. The number of hydrogen-bond acceptors (Lipinski definition) is 3. The molecule has 16 heavy (non-hydrogen) atoms. The maximum Gasteiger partial charge on any atom is 0.246 e. The molecular formula is C12H20N2O2. The normalized spacial score (nSPS) is 28.8. The third kappa shape index (κ3) is 2.44. The lowest BCUT2D eigenvalue weighted by Gasteiger charge is -2.22. The van der Waals surface area contributed by atoms with E-state index < -0.39 is 0 Å². The Bertz CT molecular complexity index is 306. The SMILES string of the molecule is CC(C(=O)NCC1CCOC1C)=C1CNC1. The molecule has 2 aliphatic heterocycles. The van der Waals surface area contributed by atoms with Crippen molar-refractivity contribution < 1.29 is 9.53 Å². The first-order chi connectivity index (χ1) is 7.68. The lowest BCUT2D eigenvalue weighted by atomic mass is 10.0. The third-order valence-electron chi connectivity index (χ3n) is 3.61. The Labute approximate surface area is 96.4 Å². The number of hydrogen-bond donors (Lipinski definition) is 2. The van der Waals surface area contributed by atoms with Gasteiger partial charge in [0.05, 0.1) is 6.10 Å². The highest BCUT2D eigenvalue weighted by Gasteiger charge is 2.25. The van der Waals surface area contributed by atoms with Crippen LogP contribution in [0.1, 0.15) is 20.3 Å².